The fourth-order valence-electron chi connectivity index (χ4n) is 5.47. The van der Waals surface area contributed by atoms with Crippen LogP contribution >= 0.6 is 15.9 Å². The number of pyridine rings is 1. The molecule has 3 aromatic rings. The zero-order valence-electron chi connectivity index (χ0n) is 22.4. The summed E-state index contributed by atoms with van der Waals surface area (Å²) in [5, 5.41) is 12.8. The average molecular weight is 605 g/mol. The van der Waals surface area contributed by atoms with Crippen LogP contribution in [0.2, 0.25) is 0 Å². The first-order valence-electron chi connectivity index (χ1n) is 13.1. The number of nitrogens with zero attached hydrogens (tertiary/aromatic N) is 6. The number of anilines is 1. The number of likely N-dealkylation sites (tertiary alicyclic amines) is 1. The van der Waals surface area contributed by atoms with Crippen LogP contribution in [0.1, 0.15) is 28.5 Å². The predicted octanol–water partition coefficient (Wildman–Crippen LogP) is 2.84. The first-order chi connectivity index (χ1) is 19.2. The Bertz CT molecular complexity index is 1540. The van der Waals surface area contributed by atoms with Gasteiger partial charge in [-0.25, -0.2) is 4.98 Å². The third kappa shape index (κ3) is 5.19. The highest BCUT2D eigenvalue weighted by Crippen LogP contribution is 2.31. The topological polar surface area (TPSA) is 115 Å². The summed E-state index contributed by atoms with van der Waals surface area (Å²) < 4.78 is 2.74. The molecule has 40 heavy (non-hydrogen) atoms. The van der Waals surface area contributed by atoms with Gasteiger partial charge in [-0.3, -0.25) is 14.4 Å². The molecular formula is C29H30BrN7O3. The van der Waals surface area contributed by atoms with Crippen LogP contribution in [0, 0.1) is 18.3 Å². The van der Waals surface area contributed by atoms with E-state index in [4.69, 9.17) is 5.26 Å². The van der Waals surface area contributed by atoms with E-state index in [9.17, 15) is 14.4 Å². The molecule has 0 aliphatic carbocycles. The van der Waals surface area contributed by atoms with Crippen molar-refractivity contribution in [2.24, 2.45) is 0 Å². The van der Waals surface area contributed by atoms with Gasteiger partial charge in [0.05, 0.1) is 17.2 Å². The first kappa shape index (κ1) is 27.4. The van der Waals surface area contributed by atoms with E-state index in [1.807, 2.05) is 47.6 Å². The molecular weight excluding hydrogens is 574 g/mol. The second-order valence-corrected chi connectivity index (χ2v) is 11.1. The lowest BCUT2D eigenvalue weighted by Gasteiger charge is -2.40. The molecule has 1 aromatic carbocycles. The smallest absolute Gasteiger partial charge is 0.256 e. The monoisotopic (exact) mass is 603 g/mol. The van der Waals surface area contributed by atoms with Crippen molar-refractivity contribution in [1.82, 2.24) is 24.7 Å². The minimum absolute atomic E-state index is 0.0663. The minimum atomic E-state index is -0.172. The Morgan fingerprint density at radius 3 is 2.62 bits per heavy atom. The van der Waals surface area contributed by atoms with Crippen LogP contribution in [0.5, 0.6) is 0 Å². The van der Waals surface area contributed by atoms with Gasteiger partial charge in [-0.2, -0.15) is 5.26 Å². The summed E-state index contributed by atoms with van der Waals surface area (Å²) >= 11 is 3.54. The maximum Gasteiger partial charge on any atom is 0.256 e. The van der Waals surface area contributed by atoms with Crippen LogP contribution in [0.3, 0.4) is 0 Å². The number of nitriles is 1. The maximum atomic E-state index is 14.0. The molecule has 1 atom stereocenters. The lowest BCUT2D eigenvalue weighted by molar-refractivity contribution is -0.133. The molecule has 206 valence electrons. The number of nitrogens with one attached hydrogen (secondary N) is 1. The van der Waals surface area contributed by atoms with Crippen molar-refractivity contribution < 1.29 is 14.4 Å². The molecule has 10 nitrogen and oxygen atoms in total. The number of amides is 3. The molecule has 0 saturated carbocycles. The van der Waals surface area contributed by atoms with Gasteiger partial charge < -0.3 is 24.6 Å². The molecule has 4 heterocycles. The van der Waals surface area contributed by atoms with E-state index in [0.717, 1.165) is 26.9 Å². The third-order valence-electron chi connectivity index (χ3n) is 7.62. The molecule has 3 amide bonds. The van der Waals surface area contributed by atoms with Crippen molar-refractivity contribution >= 4 is 50.4 Å². The van der Waals surface area contributed by atoms with Crippen molar-refractivity contribution in [3.63, 3.8) is 0 Å². The van der Waals surface area contributed by atoms with Crippen molar-refractivity contribution in [2.75, 3.05) is 37.6 Å². The molecule has 0 radical (unpaired) electrons. The van der Waals surface area contributed by atoms with Crippen LogP contribution in [0.25, 0.3) is 10.9 Å². The maximum absolute atomic E-state index is 14.0. The van der Waals surface area contributed by atoms with Gasteiger partial charge in [0.15, 0.2) is 0 Å². The zero-order valence-corrected chi connectivity index (χ0v) is 24.0. The van der Waals surface area contributed by atoms with Crippen molar-refractivity contribution in [2.45, 2.75) is 32.5 Å². The lowest BCUT2D eigenvalue weighted by Crippen LogP contribution is -2.61. The van der Waals surface area contributed by atoms with Gasteiger partial charge in [-0.15, -0.1) is 0 Å². The van der Waals surface area contributed by atoms with E-state index in [-0.39, 0.29) is 36.3 Å². The molecule has 2 saturated heterocycles. The first-order valence-corrected chi connectivity index (χ1v) is 13.9. The SMILES string of the molecule is C=CC(=O)N1CC(NC(=O)Cn2c(C)c(C(=O)N3CCN(c4ccc(C#N)cn4)CC3C)c3cc(Br)ccc32)C1. The summed E-state index contributed by atoms with van der Waals surface area (Å²) in [6, 6.07) is 11.2. The standard InChI is InChI=1S/C29H30BrN7O3/c1-4-27(39)35-15-22(16-35)33-26(38)17-37-19(3)28(23-11-21(30)6-7-24(23)37)29(40)36-10-9-34(14-18(36)2)25-8-5-20(12-31)13-32-25/h4-8,11,13,18,22H,1,9-10,14-17H2,2-3H3,(H,33,38). The summed E-state index contributed by atoms with van der Waals surface area (Å²) in [5.41, 5.74) is 2.64. The number of carbonyl (C=O) groups excluding carboxylic acids is 3. The quantitative estimate of drug-likeness (QED) is 0.433. The number of hydrogen-bond donors (Lipinski definition) is 1. The Labute approximate surface area is 241 Å². The summed E-state index contributed by atoms with van der Waals surface area (Å²) in [6.07, 6.45) is 2.83. The highest BCUT2D eigenvalue weighted by molar-refractivity contribution is 9.10. The Morgan fingerprint density at radius 2 is 1.98 bits per heavy atom. The van der Waals surface area contributed by atoms with E-state index < -0.39 is 0 Å². The molecule has 0 bridgehead atoms. The fraction of sp³-hybridized carbons (Fsp3) is 0.345. The van der Waals surface area contributed by atoms with E-state index in [1.165, 1.54) is 6.08 Å². The Hall–Kier alpha value is -4.17. The van der Waals surface area contributed by atoms with Gasteiger partial charge in [0.2, 0.25) is 11.8 Å². The number of aromatic nitrogens is 2. The molecule has 5 rings (SSSR count). The minimum Gasteiger partial charge on any atom is -0.353 e. The summed E-state index contributed by atoms with van der Waals surface area (Å²) in [5.74, 6) is 0.394. The number of fused-ring (bicyclic) bond motifs is 1. The van der Waals surface area contributed by atoms with E-state index in [0.29, 0.717) is 43.9 Å². The van der Waals surface area contributed by atoms with Crippen LogP contribution in [-0.2, 0) is 16.1 Å². The van der Waals surface area contributed by atoms with Crippen LogP contribution < -0.4 is 10.2 Å². The second-order valence-electron chi connectivity index (χ2n) is 10.2. The molecule has 11 heteroatoms. The van der Waals surface area contributed by atoms with E-state index in [2.05, 4.69) is 43.8 Å². The second kappa shape index (κ2) is 11.1. The van der Waals surface area contributed by atoms with Gasteiger partial charge in [-0.1, -0.05) is 22.5 Å². The fourth-order valence-corrected chi connectivity index (χ4v) is 5.84. The molecule has 2 aromatic heterocycles. The molecule has 0 spiro atoms. The number of halogens is 1. The number of hydrogen-bond acceptors (Lipinski definition) is 6. The van der Waals surface area contributed by atoms with Crippen LogP contribution in [-0.4, -0.2) is 81.9 Å². The van der Waals surface area contributed by atoms with E-state index in [1.54, 1.807) is 17.2 Å². The highest BCUT2D eigenvalue weighted by Gasteiger charge is 2.33. The lowest BCUT2D eigenvalue weighted by atomic mass is 10.1. The Kier molecular flexibility index (Phi) is 7.63. The van der Waals surface area contributed by atoms with Crippen molar-refractivity contribution in [1.29, 1.82) is 5.26 Å². The normalized spacial score (nSPS) is 17.4. The summed E-state index contributed by atoms with van der Waals surface area (Å²) in [7, 11) is 0. The van der Waals surface area contributed by atoms with Crippen molar-refractivity contribution in [3.8, 4) is 6.07 Å². The number of benzene rings is 1. The molecule has 2 aliphatic rings. The van der Waals surface area contributed by atoms with E-state index >= 15 is 0 Å². The average Bonchev–Trinajstić information content (AvgIpc) is 3.19. The summed E-state index contributed by atoms with van der Waals surface area (Å²) in [6.45, 7) is 10.1. The van der Waals surface area contributed by atoms with Crippen molar-refractivity contribution in [3.05, 3.63) is 70.5 Å². The molecule has 2 aliphatic heterocycles. The predicted molar refractivity (Wildman–Crippen MR) is 155 cm³/mol. The number of carbonyl (C=O) groups is 3. The number of piperazine rings is 1. The van der Waals surface area contributed by atoms with Gasteiger partial charge in [0, 0.05) is 66.0 Å². The molecule has 1 unspecified atom stereocenters. The Morgan fingerprint density at radius 1 is 1.20 bits per heavy atom. The Balaban J connectivity index is 1.34. The number of rotatable bonds is 6. The third-order valence-corrected chi connectivity index (χ3v) is 8.12. The van der Waals surface area contributed by atoms with Crippen LogP contribution in [0.15, 0.2) is 53.7 Å². The van der Waals surface area contributed by atoms with Crippen LogP contribution in [0.4, 0.5) is 5.82 Å². The van der Waals surface area contributed by atoms with Gasteiger partial charge in [0.1, 0.15) is 18.4 Å². The summed E-state index contributed by atoms with van der Waals surface area (Å²) in [4.78, 5) is 48.7. The highest BCUT2D eigenvalue weighted by atomic mass is 79.9. The van der Waals surface area contributed by atoms with Gasteiger partial charge >= 0.3 is 0 Å². The van der Waals surface area contributed by atoms with Gasteiger partial charge in [-0.05, 0) is 50.3 Å². The zero-order chi connectivity index (χ0) is 28.6. The molecule has 2 fully saturated rings. The van der Waals surface area contributed by atoms with Gasteiger partial charge in [0.25, 0.3) is 5.91 Å². The largest absolute Gasteiger partial charge is 0.353 e. The molecule has 1 N–H and O–H groups in total.